The molecule has 1 rings (SSSR count). The minimum Gasteiger partial charge on any atom is -0.384 e. The lowest BCUT2D eigenvalue weighted by Crippen LogP contribution is -2.38. The first-order chi connectivity index (χ1) is 8.57. The van der Waals surface area contributed by atoms with Crippen molar-refractivity contribution in [2.45, 2.75) is 46.0 Å². The quantitative estimate of drug-likeness (QED) is 0.725. The van der Waals surface area contributed by atoms with Gasteiger partial charge in [-0.2, -0.15) is 0 Å². The fourth-order valence-electron chi connectivity index (χ4n) is 3.02. The van der Waals surface area contributed by atoms with Gasteiger partial charge in [-0.05, 0) is 63.1 Å². The highest BCUT2D eigenvalue weighted by Gasteiger charge is 2.21. The predicted octanol–water partition coefficient (Wildman–Crippen LogP) is 2.50. The summed E-state index contributed by atoms with van der Waals surface area (Å²) in [6, 6.07) is 0. The van der Waals surface area contributed by atoms with E-state index in [-0.39, 0.29) is 0 Å². The van der Waals surface area contributed by atoms with Crippen molar-refractivity contribution in [2.75, 3.05) is 39.9 Å². The van der Waals surface area contributed by atoms with E-state index in [0.29, 0.717) is 5.41 Å². The van der Waals surface area contributed by atoms with Gasteiger partial charge in [-0.1, -0.05) is 13.8 Å². The lowest BCUT2D eigenvalue weighted by atomic mass is 9.84. The molecule has 0 radical (unpaired) electrons. The summed E-state index contributed by atoms with van der Waals surface area (Å²) in [5, 5.41) is 0. The van der Waals surface area contributed by atoms with Crippen LogP contribution < -0.4 is 5.73 Å². The number of ether oxygens (including phenoxy) is 1. The van der Waals surface area contributed by atoms with Gasteiger partial charge in [-0.15, -0.1) is 0 Å². The molecule has 0 bridgehead atoms. The van der Waals surface area contributed by atoms with Gasteiger partial charge >= 0.3 is 0 Å². The molecule has 1 aliphatic rings. The predicted molar refractivity (Wildman–Crippen MR) is 77.7 cm³/mol. The smallest absolute Gasteiger partial charge is 0.0502 e. The van der Waals surface area contributed by atoms with E-state index in [9.17, 15) is 0 Å². The molecule has 3 heteroatoms. The molecule has 0 aromatic heterocycles. The SMILES string of the molecule is COCC1CCCN(CCCC(C)(C)CCN)C1. The number of nitrogens with zero attached hydrogens (tertiary/aromatic N) is 1. The number of nitrogens with two attached hydrogens (primary N) is 1. The Morgan fingerprint density at radius 3 is 2.78 bits per heavy atom. The van der Waals surface area contributed by atoms with Crippen LogP contribution in [0.15, 0.2) is 0 Å². The largest absolute Gasteiger partial charge is 0.384 e. The lowest BCUT2D eigenvalue weighted by Gasteiger charge is -2.33. The van der Waals surface area contributed by atoms with Crippen LogP contribution in [-0.2, 0) is 4.74 Å². The first kappa shape index (κ1) is 15.9. The van der Waals surface area contributed by atoms with E-state index in [1.807, 2.05) is 7.11 Å². The van der Waals surface area contributed by atoms with Gasteiger partial charge in [0.1, 0.15) is 0 Å². The van der Waals surface area contributed by atoms with Crippen molar-refractivity contribution >= 4 is 0 Å². The van der Waals surface area contributed by atoms with Crippen molar-refractivity contribution in [3.63, 3.8) is 0 Å². The Balaban J connectivity index is 2.18. The molecule has 0 spiro atoms. The summed E-state index contributed by atoms with van der Waals surface area (Å²) in [5.74, 6) is 0.751. The van der Waals surface area contributed by atoms with Crippen molar-refractivity contribution in [1.29, 1.82) is 0 Å². The highest BCUT2D eigenvalue weighted by molar-refractivity contribution is 4.74. The molecular weight excluding hydrogens is 224 g/mol. The molecule has 1 aliphatic heterocycles. The Morgan fingerprint density at radius 2 is 2.11 bits per heavy atom. The summed E-state index contributed by atoms with van der Waals surface area (Å²) in [6.07, 6.45) is 6.39. The van der Waals surface area contributed by atoms with Gasteiger partial charge in [0.15, 0.2) is 0 Å². The van der Waals surface area contributed by atoms with E-state index in [0.717, 1.165) is 25.5 Å². The van der Waals surface area contributed by atoms with Crippen LogP contribution in [0.25, 0.3) is 0 Å². The van der Waals surface area contributed by atoms with E-state index in [1.54, 1.807) is 0 Å². The minimum absolute atomic E-state index is 0.413. The fraction of sp³-hybridized carbons (Fsp3) is 1.00. The zero-order valence-electron chi connectivity index (χ0n) is 12.6. The minimum atomic E-state index is 0.413. The van der Waals surface area contributed by atoms with Gasteiger partial charge in [0.05, 0.1) is 6.61 Å². The third-order valence-corrected chi connectivity index (χ3v) is 4.15. The molecule has 0 aliphatic carbocycles. The van der Waals surface area contributed by atoms with Crippen LogP contribution in [0.4, 0.5) is 0 Å². The lowest BCUT2D eigenvalue weighted by molar-refractivity contribution is 0.0880. The molecule has 1 fully saturated rings. The monoisotopic (exact) mass is 256 g/mol. The molecule has 0 amide bonds. The number of piperidine rings is 1. The average molecular weight is 256 g/mol. The second-order valence-electron chi connectivity index (χ2n) is 6.57. The van der Waals surface area contributed by atoms with E-state index < -0.39 is 0 Å². The van der Waals surface area contributed by atoms with Crippen LogP contribution in [0.2, 0.25) is 0 Å². The first-order valence-electron chi connectivity index (χ1n) is 7.49. The van der Waals surface area contributed by atoms with Gasteiger partial charge in [0.2, 0.25) is 0 Å². The molecular formula is C15H32N2O. The Bertz CT molecular complexity index is 217. The average Bonchev–Trinajstić information content (AvgIpc) is 2.29. The van der Waals surface area contributed by atoms with Crippen LogP contribution in [0, 0.1) is 11.3 Å². The second-order valence-corrected chi connectivity index (χ2v) is 6.57. The third-order valence-electron chi connectivity index (χ3n) is 4.15. The van der Waals surface area contributed by atoms with Gasteiger partial charge in [-0.3, -0.25) is 0 Å². The first-order valence-corrected chi connectivity index (χ1v) is 7.49. The Hall–Kier alpha value is -0.120. The summed E-state index contributed by atoms with van der Waals surface area (Å²) >= 11 is 0. The van der Waals surface area contributed by atoms with Crippen LogP contribution in [-0.4, -0.2) is 44.8 Å². The Kier molecular flexibility index (Phi) is 7.20. The number of rotatable bonds is 8. The number of methoxy groups -OCH3 is 1. The van der Waals surface area contributed by atoms with Crippen molar-refractivity contribution < 1.29 is 4.74 Å². The summed E-state index contributed by atoms with van der Waals surface area (Å²) in [7, 11) is 1.81. The molecule has 2 N–H and O–H groups in total. The van der Waals surface area contributed by atoms with Crippen molar-refractivity contribution in [3.05, 3.63) is 0 Å². The molecule has 1 atom stereocenters. The topological polar surface area (TPSA) is 38.5 Å². The van der Waals surface area contributed by atoms with E-state index in [4.69, 9.17) is 10.5 Å². The van der Waals surface area contributed by atoms with Crippen molar-refractivity contribution in [2.24, 2.45) is 17.1 Å². The number of likely N-dealkylation sites (tertiary alicyclic amines) is 1. The normalized spacial score (nSPS) is 22.3. The van der Waals surface area contributed by atoms with Gasteiger partial charge in [0.25, 0.3) is 0 Å². The summed E-state index contributed by atoms with van der Waals surface area (Å²) in [6.45, 7) is 10.2. The van der Waals surface area contributed by atoms with Gasteiger partial charge < -0.3 is 15.4 Å². The molecule has 0 aromatic rings. The molecule has 3 nitrogen and oxygen atoms in total. The molecule has 1 saturated heterocycles. The van der Waals surface area contributed by atoms with Crippen LogP contribution in [0.5, 0.6) is 0 Å². The maximum atomic E-state index is 5.66. The Morgan fingerprint density at radius 1 is 1.33 bits per heavy atom. The van der Waals surface area contributed by atoms with Crippen LogP contribution in [0.3, 0.4) is 0 Å². The third kappa shape index (κ3) is 6.17. The van der Waals surface area contributed by atoms with Crippen LogP contribution in [0.1, 0.15) is 46.0 Å². The molecule has 0 aromatic carbocycles. The summed E-state index contributed by atoms with van der Waals surface area (Å²) in [5.41, 5.74) is 6.07. The Labute approximate surface area is 113 Å². The standard InChI is InChI=1S/C15H32N2O/c1-15(2,8-9-16)7-5-11-17-10-4-6-14(12-17)13-18-3/h14H,4-13,16H2,1-3H3. The summed E-state index contributed by atoms with van der Waals surface area (Å²) < 4.78 is 5.28. The highest BCUT2D eigenvalue weighted by Crippen LogP contribution is 2.26. The molecule has 18 heavy (non-hydrogen) atoms. The maximum absolute atomic E-state index is 5.66. The van der Waals surface area contributed by atoms with Crippen molar-refractivity contribution in [3.8, 4) is 0 Å². The second kappa shape index (κ2) is 8.13. The number of hydrogen-bond donors (Lipinski definition) is 1. The fourth-order valence-corrected chi connectivity index (χ4v) is 3.02. The molecule has 1 heterocycles. The van der Waals surface area contributed by atoms with E-state index >= 15 is 0 Å². The van der Waals surface area contributed by atoms with Crippen molar-refractivity contribution in [1.82, 2.24) is 4.90 Å². The number of hydrogen-bond acceptors (Lipinski definition) is 3. The maximum Gasteiger partial charge on any atom is 0.0502 e. The molecule has 1 unspecified atom stereocenters. The van der Waals surface area contributed by atoms with E-state index in [2.05, 4.69) is 18.7 Å². The van der Waals surface area contributed by atoms with Gasteiger partial charge in [-0.25, -0.2) is 0 Å². The summed E-state index contributed by atoms with van der Waals surface area (Å²) in [4.78, 5) is 2.62. The van der Waals surface area contributed by atoms with E-state index in [1.165, 1.54) is 45.3 Å². The highest BCUT2D eigenvalue weighted by atomic mass is 16.5. The van der Waals surface area contributed by atoms with Crippen LogP contribution >= 0.6 is 0 Å². The molecule has 108 valence electrons. The van der Waals surface area contributed by atoms with Gasteiger partial charge in [0, 0.05) is 13.7 Å². The zero-order chi connectivity index (χ0) is 13.4. The zero-order valence-corrected chi connectivity index (χ0v) is 12.6. The molecule has 0 saturated carbocycles.